The highest BCUT2D eigenvalue weighted by molar-refractivity contribution is 5.94. The highest BCUT2D eigenvalue weighted by Gasteiger charge is 2.14. The van der Waals surface area contributed by atoms with Crippen LogP contribution in [0.4, 0.5) is 0 Å². The maximum Gasteiger partial charge on any atom is 0.271 e. The van der Waals surface area contributed by atoms with Gasteiger partial charge in [0, 0.05) is 18.3 Å². The zero-order valence-electron chi connectivity index (χ0n) is 11.8. The van der Waals surface area contributed by atoms with Crippen LogP contribution in [-0.4, -0.2) is 27.8 Å². The molecule has 0 aliphatic heterocycles. The zero-order chi connectivity index (χ0) is 15.2. The topological polar surface area (TPSA) is 88.3 Å². The molecule has 108 valence electrons. The smallest absolute Gasteiger partial charge is 0.271 e. The average molecular weight is 285 g/mol. The van der Waals surface area contributed by atoms with Gasteiger partial charge in [-0.05, 0) is 26.0 Å². The lowest BCUT2D eigenvalue weighted by Gasteiger charge is -2.05. The Hall–Kier alpha value is -2.65. The monoisotopic (exact) mass is 285 g/mol. The number of aryl methyl sites for hydroxylation is 2. The largest absolute Gasteiger partial charge is 0.384 e. The second kappa shape index (κ2) is 6.68. The Bertz CT molecular complexity index is 691. The fourth-order valence-corrected chi connectivity index (χ4v) is 1.83. The molecule has 0 fully saturated rings. The number of aromatic nitrogens is 2. The first-order valence-corrected chi connectivity index (χ1v) is 6.38. The molecule has 0 atom stereocenters. The molecule has 2 N–H and O–H groups in total. The maximum absolute atomic E-state index is 12.2. The van der Waals surface area contributed by atoms with Gasteiger partial charge in [-0.15, -0.1) is 0 Å². The predicted octanol–water partition coefficient (Wildman–Crippen LogP) is 0.960. The van der Waals surface area contributed by atoms with E-state index in [-0.39, 0.29) is 18.2 Å². The van der Waals surface area contributed by atoms with Crippen LogP contribution in [0.15, 0.2) is 22.9 Å². The van der Waals surface area contributed by atoms with Crippen LogP contribution in [0.3, 0.4) is 0 Å². The minimum Gasteiger partial charge on any atom is -0.384 e. The molecule has 2 rings (SSSR count). The summed E-state index contributed by atoms with van der Waals surface area (Å²) in [5, 5.41) is 15.3. The number of pyridine rings is 1. The molecule has 6 heteroatoms. The normalized spacial score (nSPS) is 9.86. The number of aliphatic hydroxyl groups excluding tert-OH is 1. The Labute approximate surface area is 122 Å². The number of carbonyl (C=O) groups excluding carboxylic acids is 1. The number of carbonyl (C=O) groups is 1. The van der Waals surface area contributed by atoms with Crippen molar-refractivity contribution < 1.29 is 14.4 Å². The summed E-state index contributed by atoms with van der Waals surface area (Å²) in [5.74, 6) is 5.55. The Kier molecular flexibility index (Phi) is 4.69. The van der Waals surface area contributed by atoms with E-state index in [2.05, 4.69) is 27.3 Å². The van der Waals surface area contributed by atoms with Crippen molar-refractivity contribution in [1.82, 2.24) is 15.5 Å². The first kappa shape index (κ1) is 14.8. The van der Waals surface area contributed by atoms with E-state index in [1.165, 1.54) is 6.20 Å². The van der Waals surface area contributed by atoms with E-state index < -0.39 is 0 Å². The second-order valence-electron chi connectivity index (χ2n) is 4.34. The van der Waals surface area contributed by atoms with Crippen LogP contribution in [-0.2, 0) is 6.54 Å². The third-order valence-corrected chi connectivity index (χ3v) is 2.93. The molecule has 2 aromatic heterocycles. The summed E-state index contributed by atoms with van der Waals surface area (Å²) in [7, 11) is 0. The van der Waals surface area contributed by atoms with Gasteiger partial charge in [0.2, 0.25) is 0 Å². The van der Waals surface area contributed by atoms with E-state index in [4.69, 9.17) is 9.63 Å². The number of hydrogen-bond acceptors (Lipinski definition) is 5. The van der Waals surface area contributed by atoms with E-state index >= 15 is 0 Å². The molecule has 2 aromatic rings. The van der Waals surface area contributed by atoms with E-state index in [1.807, 2.05) is 6.92 Å². The number of hydrogen-bond donors (Lipinski definition) is 2. The van der Waals surface area contributed by atoms with Crippen molar-refractivity contribution >= 4 is 5.91 Å². The summed E-state index contributed by atoms with van der Waals surface area (Å²) in [6.07, 6.45) is 1.52. The predicted molar refractivity (Wildman–Crippen MR) is 75.3 cm³/mol. The Morgan fingerprint density at radius 1 is 1.48 bits per heavy atom. The highest BCUT2D eigenvalue weighted by atomic mass is 16.5. The fraction of sp³-hybridized carbons (Fsp3) is 0.267. The maximum atomic E-state index is 12.2. The Morgan fingerprint density at radius 3 is 2.95 bits per heavy atom. The lowest BCUT2D eigenvalue weighted by atomic mass is 10.1. The van der Waals surface area contributed by atoms with Crippen LogP contribution < -0.4 is 5.32 Å². The molecule has 0 unspecified atom stereocenters. The van der Waals surface area contributed by atoms with Gasteiger partial charge in [-0.2, -0.15) is 0 Å². The van der Waals surface area contributed by atoms with Gasteiger partial charge in [-0.25, -0.2) is 4.98 Å². The molecular weight excluding hydrogens is 270 g/mol. The van der Waals surface area contributed by atoms with Gasteiger partial charge in [0.25, 0.3) is 5.91 Å². The first-order chi connectivity index (χ1) is 10.1. The first-order valence-electron chi connectivity index (χ1n) is 6.38. The number of nitrogens with zero attached hydrogens (tertiary/aromatic N) is 2. The third kappa shape index (κ3) is 3.46. The lowest BCUT2D eigenvalue weighted by molar-refractivity contribution is 0.0945. The van der Waals surface area contributed by atoms with Crippen LogP contribution in [0.1, 0.15) is 33.1 Å². The number of nitrogens with one attached hydrogen (secondary N) is 1. The van der Waals surface area contributed by atoms with Crippen molar-refractivity contribution in [3.05, 3.63) is 46.6 Å². The Morgan fingerprint density at radius 2 is 2.29 bits per heavy atom. The fourth-order valence-electron chi connectivity index (χ4n) is 1.83. The van der Waals surface area contributed by atoms with Gasteiger partial charge in [-0.3, -0.25) is 4.79 Å². The van der Waals surface area contributed by atoms with Gasteiger partial charge >= 0.3 is 0 Å². The molecule has 2 heterocycles. The molecule has 0 aromatic carbocycles. The van der Waals surface area contributed by atoms with Crippen LogP contribution in [0, 0.1) is 25.7 Å². The van der Waals surface area contributed by atoms with Crippen LogP contribution in [0.2, 0.25) is 0 Å². The molecular formula is C15H15N3O3. The molecule has 0 saturated carbocycles. The molecule has 6 nitrogen and oxygen atoms in total. The number of amides is 1. The van der Waals surface area contributed by atoms with E-state index in [1.54, 1.807) is 19.1 Å². The highest BCUT2D eigenvalue weighted by Crippen LogP contribution is 2.12. The SMILES string of the molecule is Cc1noc(C)c1CNC(=O)c1ncccc1C#CCO. The lowest BCUT2D eigenvalue weighted by Crippen LogP contribution is -2.25. The second-order valence-corrected chi connectivity index (χ2v) is 4.34. The van der Waals surface area contributed by atoms with Gasteiger partial charge in [0.1, 0.15) is 18.1 Å². The minimum absolute atomic E-state index is 0.227. The summed E-state index contributed by atoms with van der Waals surface area (Å²) >= 11 is 0. The molecule has 0 aliphatic rings. The molecule has 1 amide bonds. The summed E-state index contributed by atoms with van der Waals surface area (Å²) in [4.78, 5) is 16.2. The molecule has 0 radical (unpaired) electrons. The molecule has 0 saturated heterocycles. The van der Waals surface area contributed by atoms with Gasteiger partial charge in [-0.1, -0.05) is 17.0 Å². The van der Waals surface area contributed by atoms with Crippen molar-refractivity contribution in [2.24, 2.45) is 0 Å². The van der Waals surface area contributed by atoms with Crippen molar-refractivity contribution in [2.75, 3.05) is 6.61 Å². The van der Waals surface area contributed by atoms with E-state index in [9.17, 15) is 4.79 Å². The van der Waals surface area contributed by atoms with E-state index in [0.29, 0.717) is 17.9 Å². The number of rotatable bonds is 3. The Balaban J connectivity index is 2.14. The van der Waals surface area contributed by atoms with Crippen molar-refractivity contribution in [2.45, 2.75) is 20.4 Å². The third-order valence-electron chi connectivity index (χ3n) is 2.93. The minimum atomic E-state index is -0.335. The number of aliphatic hydroxyl groups is 1. The summed E-state index contributed by atoms with van der Waals surface area (Å²) < 4.78 is 5.04. The van der Waals surface area contributed by atoms with Crippen LogP contribution in [0.25, 0.3) is 0 Å². The van der Waals surface area contributed by atoms with Crippen LogP contribution in [0.5, 0.6) is 0 Å². The quantitative estimate of drug-likeness (QED) is 0.820. The molecule has 0 bridgehead atoms. The van der Waals surface area contributed by atoms with Crippen molar-refractivity contribution in [1.29, 1.82) is 0 Å². The molecule has 21 heavy (non-hydrogen) atoms. The average Bonchev–Trinajstić information content (AvgIpc) is 2.82. The summed E-state index contributed by atoms with van der Waals surface area (Å²) in [6, 6.07) is 3.37. The van der Waals surface area contributed by atoms with Gasteiger partial charge in [0.05, 0.1) is 11.3 Å². The van der Waals surface area contributed by atoms with Crippen LogP contribution >= 0.6 is 0 Å². The standard InChI is InChI=1S/C15H15N3O3/c1-10-13(11(2)21-18-10)9-17-15(20)14-12(6-4-8-19)5-3-7-16-14/h3,5,7,19H,8-9H2,1-2H3,(H,17,20). The van der Waals surface area contributed by atoms with E-state index in [0.717, 1.165) is 11.3 Å². The van der Waals surface area contributed by atoms with Gasteiger partial charge in [0.15, 0.2) is 0 Å². The molecule has 0 spiro atoms. The van der Waals surface area contributed by atoms with Crippen molar-refractivity contribution in [3.63, 3.8) is 0 Å². The molecule has 0 aliphatic carbocycles. The zero-order valence-corrected chi connectivity index (χ0v) is 11.8. The summed E-state index contributed by atoms with van der Waals surface area (Å²) in [6.45, 7) is 3.65. The van der Waals surface area contributed by atoms with Gasteiger partial charge < -0.3 is 14.9 Å². The van der Waals surface area contributed by atoms with Crippen molar-refractivity contribution in [3.8, 4) is 11.8 Å². The summed E-state index contributed by atoms with van der Waals surface area (Å²) in [5.41, 5.74) is 2.30.